The molecule has 172 valence electrons. The average Bonchev–Trinajstić information content (AvgIpc) is 2.84. The molecular weight excluding hydrogens is 426 g/mol. The smallest absolute Gasteiger partial charge is 0.336 e. The SMILES string of the molecule is COC(=O)CCc1cc(=O)oc2c(C(=O)N3CCCc4ccccc43)c(OC)cc(OC)c12. The fourth-order valence-electron chi connectivity index (χ4n) is 4.30. The van der Waals surface area contributed by atoms with Crippen LogP contribution in [0.5, 0.6) is 11.5 Å². The number of esters is 1. The molecule has 8 nitrogen and oxygen atoms in total. The number of benzene rings is 2. The van der Waals surface area contributed by atoms with Gasteiger partial charge in [0.2, 0.25) is 0 Å². The van der Waals surface area contributed by atoms with E-state index in [0.717, 1.165) is 24.1 Å². The summed E-state index contributed by atoms with van der Waals surface area (Å²) < 4.78 is 21.4. The van der Waals surface area contributed by atoms with E-state index in [9.17, 15) is 14.4 Å². The lowest BCUT2D eigenvalue weighted by molar-refractivity contribution is -0.140. The Kier molecular flexibility index (Phi) is 6.35. The van der Waals surface area contributed by atoms with Crippen LogP contribution in [-0.4, -0.2) is 39.8 Å². The fraction of sp³-hybridized carbons (Fsp3) is 0.320. The Morgan fingerprint density at radius 1 is 1.06 bits per heavy atom. The highest BCUT2D eigenvalue weighted by atomic mass is 16.5. The number of nitrogens with zero attached hydrogens (tertiary/aromatic N) is 1. The number of para-hydroxylation sites is 1. The lowest BCUT2D eigenvalue weighted by Crippen LogP contribution is -2.36. The number of rotatable bonds is 6. The quantitative estimate of drug-likeness (QED) is 0.418. The molecule has 0 unspecified atom stereocenters. The van der Waals surface area contributed by atoms with Gasteiger partial charge in [0.1, 0.15) is 17.1 Å². The first-order chi connectivity index (χ1) is 16.0. The minimum Gasteiger partial charge on any atom is -0.496 e. The normalized spacial score (nSPS) is 12.9. The molecule has 0 radical (unpaired) electrons. The van der Waals surface area contributed by atoms with Crippen LogP contribution >= 0.6 is 0 Å². The summed E-state index contributed by atoms with van der Waals surface area (Å²) in [6, 6.07) is 10.7. The summed E-state index contributed by atoms with van der Waals surface area (Å²) in [6.07, 6.45) is 1.98. The Balaban J connectivity index is 1.93. The maximum atomic E-state index is 13.9. The fourth-order valence-corrected chi connectivity index (χ4v) is 4.30. The number of carbonyl (C=O) groups is 2. The molecule has 3 aromatic rings. The second-order valence-electron chi connectivity index (χ2n) is 7.72. The van der Waals surface area contributed by atoms with Crippen LogP contribution in [0.2, 0.25) is 0 Å². The van der Waals surface area contributed by atoms with Gasteiger partial charge in [-0.05, 0) is 36.5 Å². The number of ether oxygens (including phenoxy) is 3. The summed E-state index contributed by atoms with van der Waals surface area (Å²) in [4.78, 5) is 39.7. The number of hydrogen-bond acceptors (Lipinski definition) is 7. The van der Waals surface area contributed by atoms with Gasteiger partial charge in [0, 0.05) is 30.8 Å². The lowest BCUT2D eigenvalue weighted by atomic mass is 9.98. The monoisotopic (exact) mass is 451 g/mol. The molecule has 1 amide bonds. The van der Waals surface area contributed by atoms with Gasteiger partial charge in [-0.2, -0.15) is 0 Å². The molecule has 0 saturated heterocycles. The minimum atomic E-state index is -0.634. The minimum absolute atomic E-state index is 0.0625. The highest BCUT2D eigenvalue weighted by Crippen LogP contribution is 2.39. The molecule has 1 aliphatic rings. The van der Waals surface area contributed by atoms with Gasteiger partial charge in [-0.25, -0.2) is 4.79 Å². The number of hydrogen-bond donors (Lipinski definition) is 0. The third-order valence-corrected chi connectivity index (χ3v) is 5.86. The second-order valence-corrected chi connectivity index (χ2v) is 7.72. The molecule has 8 heteroatoms. The van der Waals surface area contributed by atoms with E-state index < -0.39 is 11.6 Å². The zero-order chi connectivity index (χ0) is 23.5. The summed E-state index contributed by atoms with van der Waals surface area (Å²) in [5.41, 5.74) is 2.01. The molecule has 2 aromatic carbocycles. The Bertz CT molecular complexity index is 1280. The molecule has 0 saturated carbocycles. The number of amides is 1. The lowest BCUT2D eigenvalue weighted by Gasteiger charge is -2.30. The summed E-state index contributed by atoms with van der Waals surface area (Å²) in [6.45, 7) is 0.527. The zero-order valence-electron chi connectivity index (χ0n) is 18.8. The van der Waals surface area contributed by atoms with Crippen molar-refractivity contribution in [2.24, 2.45) is 0 Å². The molecule has 1 aromatic heterocycles. The van der Waals surface area contributed by atoms with Crippen molar-refractivity contribution in [3.05, 3.63) is 63.5 Å². The number of aryl methyl sites for hydroxylation is 2. The molecule has 33 heavy (non-hydrogen) atoms. The van der Waals surface area contributed by atoms with Crippen LogP contribution in [0.15, 0.2) is 45.6 Å². The average molecular weight is 451 g/mol. The van der Waals surface area contributed by atoms with Gasteiger partial charge in [0.25, 0.3) is 5.91 Å². The van der Waals surface area contributed by atoms with Gasteiger partial charge < -0.3 is 23.5 Å². The summed E-state index contributed by atoms with van der Waals surface area (Å²) in [5.74, 6) is -0.133. The third kappa shape index (κ3) is 4.16. The Hall–Kier alpha value is -3.81. The third-order valence-electron chi connectivity index (χ3n) is 5.86. The first-order valence-electron chi connectivity index (χ1n) is 10.7. The van der Waals surface area contributed by atoms with Gasteiger partial charge in [0.05, 0.1) is 26.7 Å². The van der Waals surface area contributed by atoms with Crippen LogP contribution in [0.1, 0.15) is 34.3 Å². The number of methoxy groups -OCH3 is 3. The van der Waals surface area contributed by atoms with Gasteiger partial charge in [-0.3, -0.25) is 9.59 Å². The molecular formula is C25H25NO7. The number of carbonyl (C=O) groups excluding carboxylic acids is 2. The van der Waals surface area contributed by atoms with Crippen molar-refractivity contribution in [3.63, 3.8) is 0 Å². The number of anilines is 1. The maximum Gasteiger partial charge on any atom is 0.336 e. The molecule has 0 bridgehead atoms. The maximum absolute atomic E-state index is 13.9. The van der Waals surface area contributed by atoms with E-state index in [1.54, 1.807) is 11.0 Å². The number of fused-ring (bicyclic) bond motifs is 2. The molecule has 0 fully saturated rings. The van der Waals surface area contributed by atoms with E-state index in [4.69, 9.17) is 18.6 Å². The highest BCUT2D eigenvalue weighted by Gasteiger charge is 2.30. The summed E-state index contributed by atoms with van der Waals surface area (Å²) in [7, 11) is 4.23. The van der Waals surface area contributed by atoms with E-state index in [1.807, 2.05) is 24.3 Å². The highest BCUT2D eigenvalue weighted by molar-refractivity contribution is 6.16. The van der Waals surface area contributed by atoms with Gasteiger partial charge in [-0.15, -0.1) is 0 Å². The van der Waals surface area contributed by atoms with Crippen molar-refractivity contribution in [1.29, 1.82) is 0 Å². The first kappa shape index (κ1) is 22.4. The predicted octanol–water partition coefficient (Wildman–Crippen LogP) is 3.51. The van der Waals surface area contributed by atoms with Crippen molar-refractivity contribution in [1.82, 2.24) is 0 Å². The standard InChI is InChI=1S/C25H25NO7/c1-30-18-14-19(31-2)23(25(29)26-12-6-8-15-7-4-5-9-17(15)26)24-22(18)16(13-21(28)33-24)10-11-20(27)32-3/h4-5,7,9,13-14H,6,8,10-12H2,1-3H3. The van der Waals surface area contributed by atoms with E-state index in [1.165, 1.54) is 27.4 Å². The van der Waals surface area contributed by atoms with E-state index in [0.29, 0.717) is 23.2 Å². The van der Waals surface area contributed by atoms with Crippen molar-refractivity contribution in [3.8, 4) is 11.5 Å². The topological polar surface area (TPSA) is 95.3 Å². The van der Waals surface area contributed by atoms with Crippen LogP contribution in [0.25, 0.3) is 11.0 Å². The van der Waals surface area contributed by atoms with Crippen molar-refractivity contribution >= 4 is 28.5 Å². The van der Waals surface area contributed by atoms with Crippen molar-refractivity contribution < 1.29 is 28.2 Å². The van der Waals surface area contributed by atoms with Gasteiger partial charge in [0.15, 0.2) is 5.58 Å². The van der Waals surface area contributed by atoms with Crippen LogP contribution in [-0.2, 0) is 22.4 Å². The van der Waals surface area contributed by atoms with Crippen molar-refractivity contribution in [2.45, 2.75) is 25.7 Å². The second kappa shape index (κ2) is 9.36. The molecule has 0 atom stereocenters. The Morgan fingerprint density at radius 2 is 1.82 bits per heavy atom. The Morgan fingerprint density at radius 3 is 2.55 bits per heavy atom. The van der Waals surface area contributed by atoms with Gasteiger partial charge in [-0.1, -0.05) is 18.2 Å². The van der Waals surface area contributed by atoms with E-state index in [-0.39, 0.29) is 35.6 Å². The van der Waals surface area contributed by atoms with Crippen LogP contribution in [0, 0.1) is 0 Å². The van der Waals surface area contributed by atoms with Crippen LogP contribution in [0.3, 0.4) is 0 Å². The van der Waals surface area contributed by atoms with Crippen LogP contribution in [0.4, 0.5) is 5.69 Å². The van der Waals surface area contributed by atoms with E-state index in [2.05, 4.69) is 0 Å². The molecule has 0 spiro atoms. The summed E-state index contributed by atoms with van der Waals surface area (Å²) in [5, 5.41) is 0.454. The molecule has 0 N–H and O–H groups in total. The zero-order valence-corrected chi connectivity index (χ0v) is 18.8. The Labute approximate surface area is 190 Å². The molecule has 2 heterocycles. The first-order valence-corrected chi connectivity index (χ1v) is 10.7. The molecule has 4 rings (SSSR count). The predicted molar refractivity (Wildman–Crippen MR) is 122 cm³/mol. The van der Waals surface area contributed by atoms with Crippen molar-refractivity contribution in [2.75, 3.05) is 32.8 Å². The largest absolute Gasteiger partial charge is 0.496 e. The molecule has 1 aliphatic heterocycles. The van der Waals surface area contributed by atoms with Crippen LogP contribution < -0.4 is 20.0 Å². The summed E-state index contributed by atoms with van der Waals surface area (Å²) >= 11 is 0. The van der Waals surface area contributed by atoms with E-state index >= 15 is 0 Å². The molecule has 0 aliphatic carbocycles. The van der Waals surface area contributed by atoms with Gasteiger partial charge >= 0.3 is 11.6 Å².